The van der Waals surface area contributed by atoms with Crippen LogP contribution in [0.15, 0.2) is 53.7 Å². The van der Waals surface area contributed by atoms with E-state index in [9.17, 15) is 17.2 Å². The number of hydrogen-bond acceptors (Lipinski definition) is 3. The molecule has 2 aromatic carbocycles. The van der Waals surface area contributed by atoms with Gasteiger partial charge >= 0.3 is 0 Å². The third-order valence-electron chi connectivity index (χ3n) is 3.27. The minimum Gasteiger partial charge on any atom is -0.288 e. The van der Waals surface area contributed by atoms with Crippen LogP contribution in [-0.2, 0) is 10.0 Å². The molecule has 3 aromatic rings. The SMILES string of the molecule is O=S(=O)(Nc1ccc(-n2cnc(Cl)c2Cl)cc1)c1ccc(F)c(F)c1. The standard InChI is InChI=1S/C15H9Cl2F2N3O2S/c16-14-15(17)22(8-20-14)10-3-1-9(2-4-10)21-25(23,24)11-5-6-12(18)13(19)7-11/h1-8,21H. The van der Waals surface area contributed by atoms with Gasteiger partial charge in [-0.25, -0.2) is 22.2 Å². The summed E-state index contributed by atoms with van der Waals surface area (Å²) in [7, 11) is -4.06. The van der Waals surface area contributed by atoms with E-state index in [4.69, 9.17) is 23.2 Å². The largest absolute Gasteiger partial charge is 0.288 e. The molecule has 5 nitrogen and oxygen atoms in total. The number of aromatic nitrogens is 2. The Hall–Kier alpha value is -2.16. The number of sulfonamides is 1. The van der Waals surface area contributed by atoms with Crippen molar-refractivity contribution < 1.29 is 17.2 Å². The Kier molecular flexibility index (Phi) is 4.68. The molecule has 0 saturated carbocycles. The first-order chi connectivity index (χ1) is 11.8. The second-order valence-electron chi connectivity index (χ2n) is 4.92. The second-order valence-corrected chi connectivity index (χ2v) is 7.32. The zero-order chi connectivity index (χ0) is 18.2. The molecule has 0 saturated heterocycles. The number of nitrogens with one attached hydrogen (secondary N) is 1. The van der Waals surface area contributed by atoms with E-state index in [1.54, 1.807) is 12.1 Å². The van der Waals surface area contributed by atoms with Gasteiger partial charge in [-0.2, -0.15) is 0 Å². The Morgan fingerprint density at radius 1 is 1.00 bits per heavy atom. The van der Waals surface area contributed by atoms with Gasteiger partial charge in [-0.05, 0) is 42.5 Å². The zero-order valence-corrected chi connectivity index (χ0v) is 14.6. The van der Waals surface area contributed by atoms with Crippen LogP contribution in [0, 0.1) is 11.6 Å². The lowest BCUT2D eigenvalue weighted by Crippen LogP contribution is -2.13. The Balaban J connectivity index is 1.85. The van der Waals surface area contributed by atoms with E-state index in [1.807, 2.05) is 0 Å². The fraction of sp³-hybridized carbons (Fsp3) is 0. The summed E-state index contributed by atoms with van der Waals surface area (Å²) in [5, 5.41) is 0.363. The van der Waals surface area contributed by atoms with Gasteiger partial charge in [-0.15, -0.1) is 0 Å². The van der Waals surface area contributed by atoms with Gasteiger partial charge in [0.25, 0.3) is 10.0 Å². The van der Waals surface area contributed by atoms with E-state index in [1.165, 1.54) is 23.0 Å². The maximum Gasteiger partial charge on any atom is 0.261 e. The third kappa shape index (κ3) is 3.60. The predicted octanol–water partition coefficient (Wildman–Crippen LogP) is 4.26. The number of nitrogens with zero attached hydrogens (tertiary/aromatic N) is 2. The molecule has 130 valence electrons. The number of hydrogen-bond donors (Lipinski definition) is 1. The van der Waals surface area contributed by atoms with E-state index in [0.717, 1.165) is 12.1 Å². The molecule has 25 heavy (non-hydrogen) atoms. The number of anilines is 1. The lowest BCUT2D eigenvalue weighted by atomic mass is 10.3. The first kappa shape index (κ1) is 17.7. The quantitative estimate of drug-likeness (QED) is 0.707. The molecule has 0 fully saturated rings. The number of benzene rings is 2. The van der Waals surface area contributed by atoms with Gasteiger partial charge in [0.1, 0.15) is 6.33 Å². The van der Waals surface area contributed by atoms with Gasteiger partial charge in [0.05, 0.1) is 4.90 Å². The van der Waals surface area contributed by atoms with Crippen LogP contribution in [0.4, 0.5) is 14.5 Å². The highest BCUT2D eigenvalue weighted by Crippen LogP contribution is 2.25. The molecule has 1 N–H and O–H groups in total. The third-order valence-corrected chi connectivity index (χ3v) is 5.38. The van der Waals surface area contributed by atoms with Gasteiger partial charge in [0.15, 0.2) is 21.9 Å². The van der Waals surface area contributed by atoms with Crippen molar-refractivity contribution in [3.8, 4) is 5.69 Å². The van der Waals surface area contributed by atoms with Crippen molar-refractivity contribution in [2.45, 2.75) is 4.90 Å². The van der Waals surface area contributed by atoms with Gasteiger partial charge in [-0.1, -0.05) is 23.2 Å². The van der Waals surface area contributed by atoms with Crippen molar-refractivity contribution in [1.29, 1.82) is 0 Å². The normalized spacial score (nSPS) is 11.5. The van der Waals surface area contributed by atoms with E-state index in [-0.39, 0.29) is 20.9 Å². The maximum absolute atomic E-state index is 13.2. The Morgan fingerprint density at radius 3 is 2.24 bits per heavy atom. The van der Waals surface area contributed by atoms with Crippen LogP contribution < -0.4 is 4.72 Å². The molecule has 0 radical (unpaired) electrons. The zero-order valence-electron chi connectivity index (χ0n) is 12.2. The fourth-order valence-corrected chi connectivity index (χ4v) is 3.43. The van der Waals surface area contributed by atoms with Crippen LogP contribution >= 0.6 is 23.2 Å². The molecule has 0 bridgehead atoms. The van der Waals surface area contributed by atoms with Crippen molar-refractivity contribution in [3.63, 3.8) is 0 Å². The molecule has 3 rings (SSSR count). The highest BCUT2D eigenvalue weighted by atomic mass is 35.5. The molecule has 0 amide bonds. The molecular weight excluding hydrogens is 395 g/mol. The number of rotatable bonds is 4. The lowest BCUT2D eigenvalue weighted by Gasteiger charge is -2.10. The molecule has 0 aliphatic carbocycles. The summed E-state index contributed by atoms with van der Waals surface area (Å²) < 4.78 is 54.4. The maximum atomic E-state index is 13.2. The van der Waals surface area contributed by atoms with Crippen LogP contribution in [-0.4, -0.2) is 18.0 Å². The Labute approximate surface area is 151 Å². The molecule has 0 atom stereocenters. The average Bonchev–Trinajstić information content (AvgIpc) is 2.90. The second kappa shape index (κ2) is 6.62. The molecule has 0 spiro atoms. The van der Waals surface area contributed by atoms with Gasteiger partial charge in [0, 0.05) is 11.4 Å². The number of imidazole rings is 1. The van der Waals surface area contributed by atoms with E-state index in [0.29, 0.717) is 11.8 Å². The van der Waals surface area contributed by atoms with Crippen LogP contribution in [0.1, 0.15) is 0 Å². The minimum atomic E-state index is -4.06. The lowest BCUT2D eigenvalue weighted by molar-refractivity contribution is 0.504. The van der Waals surface area contributed by atoms with E-state index >= 15 is 0 Å². The molecule has 0 aliphatic rings. The molecule has 1 heterocycles. The summed E-state index contributed by atoms with van der Waals surface area (Å²) >= 11 is 11.8. The Bertz CT molecular complexity index is 1040. The van der Waals surface area contributed by atoms with Crippen LogP contribution in [0.5, 0.6) is 0 Å². The van der Waals surface area contributed by atoms with Crippen molar-refractivity contribution in [3.05, 3.63) is 70.7 Å². The van der Waals surface area contributed by atoms with Crippen LogP contribution in [0.2, 0.25) is 10.3 Å². The summed E-state index contributed by atoms with van der Waals surface area (Å²) in [6, 6.07) is 8.48. The van der Waals surface area contributed by atoms with E-state index < -0.39 is 21.7 Å². The smallest absolute Gasteiger partial charge is 0.261 e. The topological polar surface area (TPSA) is 64.0 Å². The first-order valence-corrected chi connectivity index (χ1v) is 8.98. The van der Waals surface area contributed by atoms with Crippen molar-refractivity contribution in [1.82, 2.24) is 9.55 Å². The van der Waals surface area contributed by atoms with Crippen molar-refractivity contribution >= 4 is 38.9 Å². The molecule has 0 aliphatic heterocycles. The molecular formula is C15H9Cl2F2N3O2S. The summed E-state index contributed by atoms with van der Waals surface area (Å²) in [6.45, 7) is 0. The van der Waals surface area contributed by atoms with Crippen molar-refractivity contribution in [2.75, 3.05) is 4.72 Å². The van der Waals surface area contributed by atoms with Crippen LogP contribution in [0.25, 0.3) is 5.69 Å². The number of halogens is 4. The minimum absolute atomic E-state index is 0.143. The van der Waals surface area contributed by atoms with Gasteiger partial charge < -0.3 is 0 Å². The summed E-state index contributed by atoms with van der Waals surface area (Å²) in [4.78, 5) is 3.46. The molecule has 1 aromatic heterocycles. The highest BCUT2D eigenvalue weighted by Gasteiger charge is 2.17. The summed E-state index contributed by atoms with van der Waals surface area (Å²) in [5.74, 6) is -2.37. The van der Waals surface area contributed by atoms with Gasteiger partial charge in [-0.3, -0.25) is 9.29 Å². The monoisotopic (exact) mass is 403 g/mol. The van der Waals surface area contributed by atoms with E-state index in [2.05, 4.69) is 9.71 Å². The molecule has 10 heteroatoms. The molecule has 0 unspecified atom stereocenters. The predicted molar refractivity (Wildman–Crippen MR) is 90.8 cm³/mol. The van der Waals surface area contributed by atoms with Gasteiger partial charge in [0.2, 0.25) is 0 Å². The highest BCUT2D eigenvalue weighted by molar-refractivity contribution is 7.92. The average molecular weight is 404 g/mol. The Morgan fingerprint density at radius 2 is 1.68 bits per heavy atom. The summed E-state index contributed by atoms with van der Waals surface area (Å²) in [5.41, 5.74) is 0.844. The first-order valence-electron chi connectivity index (χ1n) is 6.74. The summed E-state index contributed by atoms with van der Waals surface area (Å²) in [6.07, 6.45) is 1.42. The van der Waals surface area contributed by atoms with Crippen LogP contribution in [0.3, 0.4) is 0 Å². The van der Waals surface area contributed by atoms with Crippen molar-refractivity contribution in [2.24, 2.45) is 0 Å². The fourth-order valence-electron chi connectivity index (χ4n) is 2.04.